The second-order valence-electron chi connectivity index (χ2n) is 6.28. The Balaban J connectivity index is 1.68. The zero-order chi connectivity index (χ0) is 21.3. The molecule has 3 aromatic carbocycles. The van der Waals surface area contributed by atoms with E-state index in [1.165, 1.54) is 0 Å². The summed E-state index contributed by atoms with van der Waals surface area (Å²) in [6.45, 7) is 0.0945. The Morgan fingerprint density at radius 1 is 0.700 bits per heavy atom. The summed E-state index contributed by atoms with van der Waals surface area (Å²) >= 11 is 0. The Hall–Kier alpha value is -4.37. The lowest BCUT2D eigenvalue weighted by Gasteiger charge is -2.11. The average Bonchev–Trinajstić information content (AvgIpc) is 2.79. The maximum Gasteiger partial charge on any atom is 0.255 e. The summed E-state index contributed by atoms with van der Waals surface area (Å²) in [4.78, 5) is 37.0. The zero-order valence-electron chi connectivity index (χ0n) is 16.0. The molecule has 0 aliphatic carbocycles. The van der Waals surface area contributed by atoms with Gasteiger partial charge in [0, 0.05) is 16.8 Å². The molecule has 0 aromatic heterocycles. The van der Waals surface area contributed by atoms with Gasteiger partial charge in [-0.1, -0.05) is 36.3 Å². The van der Waals surface area contributed by atoms with Gasteiger partial charge in [0.1, 0.15) is 0 Å². The van der Waals surface area contributed by atoms with Crippen LogP contribution in [-0.2, 0) is 0 Å². The van der Waals surface area contributed by atoms with Gasteiger partial charge < -0.3 is 16.0 Å². The zero-order valence-corrected chi connectivity index (χ0v) is 16.0. The van der Waals surface area contributed by atoms with E-state index in [2.05, 4.69) is 21.9 Å². The van der Waals surface area contributed by atoms with Crippen molar-refractivity contribution in [2.45, 2.75) is 0 Å². The van der Waals surface area contributed by atoms with Crippen LogP contribution in [0.1, 0.15) is 31.1 Å². The molecule has 0 unspecified atom stereocenters. The Morgan fingerprint density at radius 2 is 1.30 bits per heavy atom. The quantitative estimate of drug-likeness (QED) is 0.556. The number of terminal acetylenes is 1. The van der Waals surface area contributed by atoms with Gasteiger partial charge in [-0.3, -0.25) is 14.4 Å². The molecule has 0 spiro atoms. The molecule has 0 heterocycles. The first-order chi connectivity index (χ1) is 14.6. The summed E-state index contributed by atoms with van der Waals surface area (Å²) in [6, 6.07) is 22.0. The van der Waals surface area contributed by atoms with Crippen molar-refractivity contribution in [2.75, 3.05) is 17.2 Å². The number of rotatable bonds is 6. The van der Waals surface area contributed by atoms with Crippen LogP contribution in [0.5, 0.6) is 0 Å². The fourth-order valence-electron chi connectivity index (χ4n) is 2.71. The minimum atomic E-state index is -0.381. The molecule has 0 atom stereocenters. The van der Waals surface area contributed by atoms with Crippen LogP contribution in [0.3, 0.4) is 0 Å². The molecule has 3 rings (SSSR count). The molecule has 0 radical (unpaired) electrons. The van der Waals surface area contributed by atoms with E-state index >= 15 is 0 Å². The molecule has 3 amide bonds. The molecule has 0 saturated carbocycles. The minimum absolute atomic E-state index is 0.0945. The fourth-order valence-corrected chi connectivity index (χ4v) is 2.71. The molecule has 6 nitrogen and oxygen atoms in total. The minimum Gasteiger partial charge on any atom is -0.341 e. The topological polar surface area (TPSA) is 87.3 Å². The molecular formula is C24H19N3O3. The van der Waals surface area contributed by atoms with Crippen molar-refractivity contribution < 1.29 is 14.4 Å². The van der Waals surface area contributed by atoms with Gasteiger partial charge in [0.25, 0.3) is 17.7 Å². The fraction of sp³-hybridized carbons (Fsp3) is 0.0417. The van der Waals surface area contributed by atoms with Crippen LogP contribution in [0.4, 0.5) is 11.4 Å². The van der Waals surface area contributed by atoms with Crippen LogP contribution in [0.15, 0.2) is 78.9 Å². The molecular weight excluding hydrogens is 378 g/mol. The first-order valence-corrected chi connectivity index (χ1v) is 9.17. The number of anilines is 2. The first-order valence-electron chi connectivity index (χ1n) is 9.17. The van der Waals surface area contributed by atoms with Crippen LogP contribution < -0.4 is 16.0 Å². The second-order valence-corrected chi connectivity index (χ2v) is 6.28. The maximum absolute atomic E-state index is 12.6. The van der Waals surface area contributed by atoms with E-state index in [0.717, 1.165) is 0 Å². The van der Waals surface area contributed by atoms with E-state index in [1.807, 2.05) is 6.07 Å². The molecule has 6 heteroatoms. The molecule has 0 saturated heterocycles. The van der Waals surface area contributed by atoms with Crippen LogP contribution >= 0.6 is 0 Å². The lowest BCUT2D eigenvalue weighted by Crippen LogP contribution is -2.25. The molecule has 0 fully saturated rings. The van der Waals surface area contributed by atoms with Gasteiger partial charge in [0.2, 0.25) is 0 Å². The number of hydrogen-bond donors (Lipinski definition) is 3. The third-order valence-corrected chi connectivity index (χ3v) is 4.21. The van der Waals surface area contributed by atoms with Gasteiger partial charge in [0.15, 0.2) is 0 Å². The normalized spacial score (nSPS) is 9.83. The van der Waals surface area contributed by atoms with Crippen LogP contribution in [0.25, 0.3) is 0 Å². The second kappa shape index (κ2) is 9.71. The third-order valence-electron chi connectivity index (χ3n) is 4.21. The van der Waals surface area contributed by atoms with E-state index in [9.17, 15) is 14.4 Å². The predicted octanol–water partition coefficient (Wildman–Crippen LogP) is 3.55. The lowest BCUT2D eigenvalue weighted by atomic mass is 10.1. The van der Waals surface area contributed by atoms with Gasteiger partial charge in [-0.05, 0) is 48.5 Å². The van der Waals surface area contributed by atoms with E-state index in [-0.39, 0.29) is 24.3 Å². The van der Waals surface area contributed by atoms with Crippen LogP contribution in [0.2, 0.25) is 0 Å². The van der Waals surface area contributed by atoms with Crippen molar-refractivity contribution >= 4 is 29.1 Å². The summed E-state index contributed by atoms with van der Waals surface area (Å²) in [5.41, 5.74) is 2.17. The van der Waals surface area contributed by atoms with Crippen molar-refractivity contribution in [3.8, 4) is 12.3 Å². The lowest BCUT2D eigenvalue weighted by molar-refractivity contribution is 0.0958. The van der Waals surface area contributed by atoms with E-state index in [4.69, 9.17) is 6.42 Å². The number of carbonyl (C=O) groups excluding carboxylic acids is 3. The first kappa shape index (κ1) is 20.4. The average molecular weight is 397 g/mol. The molecule has 0 aliphatic rings. The van der Waals surface area contributed by atoms with Crippen LogP contribution in [-0.4, -0.2) is 24.3 Å². The monoisotopic (exact) mass is 397 g/mol. The smallest absolute Gasteiger partial charge is 0.255 e. The Morgan fingerprint density at radius 3 is 2.00 bits per heavy atom. The number of carbonyl (C=O) groups is 3. The summed E-state index contributed by atoms with van der Waals surface area (Å²) < 4.78 is 0. The summed E-state index contributed by atoms with van der Waals surface area (Å²) in [6.07, 6.45) is 5.16. The van der Waals surface area contributed by atoms with Gasteiger partial charge in [0.05, 0.1) is 17.8 Å². The molecule has 148 valence electrons. The highest BCUT2D eigenvalue weighted by Gasteiger charge is 2.14. The van der Waals surface area contributed by atoms with Gasteiger partial charge in [-0.15, -0.1) is 6.42 Å². The molecule has 0 bridgehead atoms. The number of nitrogens with one attached hydrogen (secondary N) is 3. The van der Waals surface area contributed by atoms with Crippen molar-refractivity contribution in [1.82, 2.24) is 5.32 Å². The molecule has 0 aliphatic heterocycles. The largest absolute Gasteiger partial charge is 0.341 e. The molecule has 3 N–H and O–H groups in total. The molecule has 3 aromatic rings. The highest BCUT2D eigenvalue weighted by atomic mass is 16.2. The number of hydrogen-bond acceptors (Lipinski definition) is 3. The van der Waals surface area contributed by atoms with Crippen molar-refractivity contribution in [1.29, 1.82) is 0 Å². The van der Waals surface area contributed by atoms with Crippen molar-refractivity contribution in [3.63, 3.8) is 0 Å². The highest BCUT2D eigenvalue weighted by Crippen LogP contribution is 2.17. The standard InChI is InChI=1S/C24H19N3O3/c1-2-16-25-24(30)20-10-6-7-11-21(20)27-23(29)18-12-14-19(15-13-18)26-22(28)17-8-4-3-5-9-17/h1,3-15H,16H2,(H,25,30)(H,26,28)(H,27,29). The Bertz CT molecular complexity index is 1100. The molecule has 30 heavy (non-hydrogen) atoms. The summed E-state index contributed by atoms with van der Waals surface area (Å²) in [5.74, 6) is 1.34. The van der Waals surface area contributed by atoms with Gasteiger partial charge in [-0.25, -0.2) is 0 Å². The van der Waals surface area contributed by atoms with E-state index < -0.39 is 0 Å². The predicted molar refractivity (Wildman–Crippen MR) is 116 cm³/mol. The van der Waals surface area contributed by atoms with Crippen molar-refractivity contribution in [2.24, 2.45) is 0 Å². The third kappa shape index (κ3) is 5.12. The van der Waals surface area contributed by atoms with Gasteiger partial charge >= 0.3 is 0 Å². The Labute approximate surface area is 174 Å². The van der Waals surface area contributed by atoms with Gasteiger partial charge in [-0.2, -0.15) is 0 Å². The van der Waals surface area contributed by atoms with Crippen molar-refractivity contribution in [3.05, 3.63) is 95.6 Å². The summed E-state index contributed by atoms with van der Waals surface area (Å²) in [7, 11) is 0. The van der Waals surface area contributed by atoms with E-state index in [1.54, 1.807) is 72.8 Å². The van der Waals surface area contributed by atoms with E-state index in [0.29, 0.717) is 28.1 Å². The number of amides is 3. The Kier molecular flexibility index (Phi) is 6.59. The highest BCUT2D eigenvalue weighted by molar-refractivity contribution is 6.09. The van der Waals surface area contributed by atoms with Crippen LogP contribution in [0, 0.1) is 12.3 Å². The maximum atomic E-state index is 12.6. The number of para-hydroxylation sites is 1. The number of benzene rings is 3. The SMILES string of the molecule is C#CCNC(=O)c1ccccc1NC(=O)c1ccc(NC(=O)c2ccccc2)cc1. The summed E-state index contributed by atoms with van der Waals surface area (Å²) in [5, 5.41) is 8.08.